The summed E-state index contributed by atoms with van der Waals surface area (Å²) in [5.41, 5.74) is 5.92. The van der Waals surface area contributed by atoms with Gasteiger partial charge in [-0.25, -0.2) is 4.98 Å². The van der Waals surface area contributed by atoms with Crippen molar-refractivity contribution in [2.75, 3.05) is 0 Å². The first-order valence-corrected chi connectivity index (χ1v) is 9.71. The van der Waals surface area contributed by atoms with E-state index in [0.29, 0.717) is 0 Å². The van der Waals surface area contributed by atoms with E-state index in [0.717, 1.165) is 39.0 Å². The average Bonchev–Trinajstić information content (AvgIpc) is 2.78. The Bertz CT molecular complexity index is 1410. The van der Waals surface area contributed by atoms with Gasteiger partial charge in [0.05, 0.1) is 17.0 Å². The quantitative estimate of drug-likeness (QED) is 0.305. The van der Waals surface area contributed by atoms with E-state index < -0.39 is 0 Å². The standard InChI is InChI=1S/C28H19N/c1-3-22-19(2)18-27(25-16-8-12-20-10-4-6-14-23(20)25)29-28(22)26-17-9-13-21-11-5-7-15-24(21)26/h1,4-18H,2H3. The number of terminal acetylenes is 1. The zero-order valence-electron chi connectivity index (χ0n) is 16.2. The molecule has 0 saturated heterocycles. The molecule has 0 bridgehead atoms. The third kappa shape index (κ3) is 2.87. The molecule has 0 saturated carbocycles. The first-order chi connectivity index (χ1) is 14.3. The van der Waals surface area contributed by atoms with Gasteiger partial charge in [-0.1, -0.05) is 90.8 Å². The molecule has 0 atom stereocenters. The molecule has 29 heavy (non-hydrogen) atoms. The smallest absolute Gasteiger partial charge is 0.0874 e. The molecule has 0 aliphatic heterocycles. The van der Waals surface area contributed by atoms with Gasteiger partial charge in [-0.2, -0.15) is 0 Å². The molecule has 0 aliphatic carbocycles. The second-order valence-corrected chi connectivity index (χ2v) is 7.25. The van der Waals surface area contributed by atoms with Gasteiger partial charge in [-0.15, -0.1) is 6.42 Å². The van der Waals surface area contributed by atoms with E-state index in [-0.39, 0.29) is 0 Å². The van der Waals surface area contributed by atoms with E-state index in [1.54, 1.807) is 0 Å². The minimum atomic E-state index is 0.852. The summed E-state index contributed by atoms with van der Waals surface area (Å²) in [5.74, 6) is 2.88. The van der Waals surface area contributed by atoms with Gasteiger partial charge in [0.2, 0.25) is 0 Å². The van der Waals surface area contributed by atoms with Crippen LogP contribution in [-0.2, 0) is 0 Å². The highest BCUT2D eigenvalue weighted by Gasteiger charge is 2.15. The van der Waals surface area contributed by atoms with Gasteiger partial charge in [0, 0.05) is 11.1 Å². The highest BCUT2D eigenvalue weighted by Crippen LogP contribution is 2.35. The number of pyridine rings is 1. The largest absolute Gasteiger partial charge is 0.246 e. The van der Waals surface area contributed by atoms with Gasteiger partial charge < -0.3 is 0 Å². The minimum Gasteiger partial charge on any atom is -0.246 e. The summed E-state index contributed by atoms with van der Waals surface area (Å²) in [5, 5.41) is 4.74. The molecule has 5 rings (SSSR count). The van der Waals surface area contributed by atoms with Crippen molar-refractivity contribution in [2.24, 2.45) is 0 Å². The Hall–Kier alpha value is -3.89. The van der Waals surface area contributed by atoms with Crippen LogP contribution in [0.4, 0.5) is 0 Å². The molecular weight excluding hydrogens is 350 g/mol. The van der Waals surface area contributed by atoms with E-state index in [2.05, 4.69) is 104 Å². The van der Waals surface area contributed by atoms with Crippen molar-refractivity contribution in [1.82, 2.24) is 4.98 Å². The summed E-state index contributed by atoms with van der Waals surface area (Å²) in [4.78, 5) is 5.10. The van der Waals surface area contributed by atoms with Crippen LogP contribution >= 0.6 is 0 Å². The molecule has 0 unspecified atom stereocenters. The minimum absolute atomic E-state index is 0.852. The van der Waals surface area contributed by atoms with Gasteiger partial charge in [-0.3, -0.25) is 0 Å². The van der Waals surface area contributed by atoms with E-state index in [4.69, 9.17) is 11.4 Å². The molecule has 136 valence electrons. The van der Waals surface area contributed by atoms with Gasteiger partial charge in [-0.05, 0) is 40.1 Å². The lowest BCUT2D eigenvalue weighted by molar-refractivity contribution is 1.28. The van der Waals surface area contributed by atoms with Crippen LogP contribution in [0.5, 0.6) is 0 Å². The van der Waals surface area contributed by atoms with Crippen LogP contribution in [0.2, 0.25) is 0 Å². The number of hydrogen-bond acceptors (Lipinski definition) is 1. The lowest BCUT2D eigenvalue weighted by Gasteiger charge is -2.14. The Balaban J connectivity index is 1.83. The summed E-state index contributed by atoms with van der Waals surface area (Å²) in [6.07, 6.45) is 5.92. The number of rotatable bonds is 2. The maximum atomic E-state index is 5.92. The lowest BCUT2D eigenvalue weighted by atomic mass is 9.94. The van der Waals surface area contributed by atoms with Crippen molar-refractivity contribution in [1.29, 1.82) is 0 Å². The zero-order chi connectivity index (χ0) is 19.8. The monoisotopic (exact) mass is 369 g/mol. The molecule has 0 fully saturated rings. The molecule has 1 aromatic heterocycles. The highest BCUT2D eigenvalue weighted by molar-refractivity contribution is 5.99. The van der Waals surface area contributed by atoms with Crippen LogP contribution in [0, 0.1) is 19.3 Å². The molecule has 4 aromatic carbocycles. The fourth-order valence-corrected chi connectivity index (χ4v) is 4.07. The van der Waals surface area contributed by atoms with Crippen LogP contribution in [-0.4, -0.2) is 4.98 Å². The molecule has 1 nitrogen and oxygen atoms in total. The molecule has 0 radical (unpaired) electrons. The Morgan fingerprint density at radius 2 is 1.24 bits per heavy atom. The molecule has 0 aliphatic rings. The van der Waals surface area contributed by atoms with Crippen molar-refractivity contribution in [2.45, 2.75) is 6.92 Å². The van der Waals surface area contributed by atoms with Crippen molar-refractivity contribution in [3.05, 3.63) is 102 Å². The number of aryl methyl sites for hydroxylation is 1. The second-order valence-electron chi connectivity index (χ2n) is 7.25. The summed E-state index contributed by atoms with van der Waals surface area (Å²) in [7, 11) is 0. The topological polar surface area (TPSA) is 12.9 Å². The molecule has 0 N–H and O–H groups in total. The number of nitrogens with zero attached hydrogens (tertiary/aromatic N) is 1. The Morgan fingerprint density at radius 3 is 1.90 bits per heavy atom. The molecule has 1 heterocycles. The summed E-state index contributed by atoms with van der Waals surface area (Å²) in [6, 6.07) is 31.5. The maximum absolute atomic E-state index is 5.92. The average molecular weight is 369 g/mol. The van der Waals surface area contributed by atoms with Crippen LogP contribution in [0.25, 0.3) is 44.1 Å². The van der Waals surface area contributed by atoms with E-state index in [1.165, 1.54) is 16.2 Å². The van der Waals surface area contributed by atoms with E-state index in [9.17, 15) is 0 Å². The Morgan fingerprint density at radius 1 is 0.690 bits per heavy atom. The molecular formula is C28H19N. The Kier molecular flexibility index (Phi) is 4.12. The van der Waals surface area contributed by atoms with Gasteiger partial charge in [0.25, 0.3) is 0 Å². The number of hydrogen-bond donors (Lipinski definition) is 0. The number of aromatic nitrogens is 1. The first kappa shape index (κ1) is 17.2. The predicted molar refractivity (Wildman–Crippen MR) is 123 cm³/mol. The van der Waals surface area contributed by atoms with Crippen LogP contribution in [0.3, 0.4) is 0 Å². The Labute approximate surface area is 170 Å². The highest BCUT2D eigenvalue weighted by atomic mass is 14.7. The summed E-state index contributed by atoms with van der Waals surface area (Å²) < 4.78 is 0. The first-order valence-electron chi connectivity index (χ1n) is 9.71. The van der Waals surface area contributed by atoms with Crippen molar-refractivity contribution < 1.29 is 0 Å². The van der Waals surface area contributed by atoms with Crippen LogP contribution in [0.15, 0.2) is 91.0 Å². The van der Waals surface area contributed by atoms with Crippen molar-refractivity contribution in [3.8, 4) is 34.9 Å². The van der Waals surface area contributed by atoms with Crippen molar-refractivity contribution in [3.63, 3.8) is 0 Å². The normalized spacial score (nSPS) is 10.9. The third-order valence-electron chi connectivity index (χ3n) is 5.47. The van der Waals surface area contributed by atoms with E-state index >= 15 is 0 Å². The van der Waals surface area contributed by atoms with E-state index in [1.807, 2.05) is 0 Å². The molecule has 5 aromatic rings. The molecule has 0 spiro atoms. The van der Waals surface area contributed by atoms with Crippen LogP contribution in [0.1, 0.15) is 11.1 Å². The fourth-order valence-electron chi connectivity index (χ4n) is 4.07. The zero-order valence-corrected chi connectivity index (χ0v) is 16.2. The van der Waals surface area contributed by atoms with Gasteiger partial charge in [0.1, 0.15) is 0 Å². The predicted octanol–water partition coefficient (Wildman–Crippen LogP) is 7.01. The van der Waals surface area contributed by atoms with Crippen molar-refractivity contribution >= 4 is 21.5 Å². The summed E-state index contributed by atoms with van der Waals surface area (Å²) >= 11 is 0. The van der Waals surface area contributed by atoms with Gasteiger partial charge >= 0.3 is 0 Å². The summed E-state index contributed by atoms with van der Waals surface area (Å²) in [6.45, 7) is 2.07. The second kappa shape index (κ2) is 6.93. The molecule has 0 amide bonds. The SMILES string of the molecule is C#Cc1c(C)cc(-c2cccc3ccccc23)nc1-c1cccc2ccccc12. The fraction of sp³-hybridized carbons (Fsp3) is 0.0357. The lowest BCUT2D eigenvalue weighted by Crippen LogP contribution is -1.97. The van der Waals surface area contributed by atoms with Gasteiger partial charge in [0.15, 0.2) is 0 Å². The molecule has 1 heteroatoms. The van der Waals surface area contributed by atoms with Crippen LogP contribution < -0.4 is 0 Å². The third-order valence-corrected chi connectivity index (χ3v) is 5.47. The maximum Gasteiger partial charge on any atom is 0.0874 e. The number of benzene rings is 4. The number of fused-ring (bicyclic) bond motifs is 2.